The van der Waals surface area contributed by atoms with Crippen LogP contribution in [0.5, 0.6) is 0 Å². The van der Waals surface area contributed by atoms with Crippen LogP contribution in [0.2, 0.25) is 0 Å². The lowest BCUT2D eigenvalue weighted by Gasteiger charge is -2.35. The van der Waals surface area contributed by atoms with Gasteiger partial charge >= 0.3 is 0 Å². The van der Waals surface area contributed by atoms with Crippen molar-refractivity contribution in [1.29, 1.82) is 0 Å². The third-order valence-corrected chi connectivity index (χ3v) is 6.06. The van der Waals surface area contributed by atoms with Gasteiger partial charge in [0.05, 0.1) is 24.7 Å². The number of amides is 1. The van der Waals surface area contributed by atoms with E-state index in [4.69, 9.17) is 27.9 Å². The number of hydrogen-bond donors (Lipinski definition) is 1. The minimum atomic E-state index is -0.985. The van der Waals surface area contributed by atoms with E-state index in [0.717, 1.165) is 18.7 Å². The number of hydrogen-bond acceptors (Lipinski definition) is 3. The number of ether oxygens (including phenoxy) is 1. The van der Waals surface area contributed by atoms with Gasteiger partial charge in [0.15, 0.2) is 0 Å². The molecule has 1 aromatic carbocycles. The summed E-state index contributed by atoms with van der Waals surface area (Å²) in [6, 6.07) is 6.35. The smallest absolute Gasteiger partial charge is 0.229 e. The maximum atomic E-state index is 13.2. The third-order valence-electron chi connectivity index (χ3n) is 4.96. The van der Waals surface area contributed by atoms with Gasteiger partial charge in [-0.3, -0.25) is 9.69 Å². The largest absolute Gasteiger partial charge is 0.379 e. The molecule has 1 aliphatic carbocycles. The first-order valence-electron chi connectivity index (χ1n) is 8.07. The van der Waals surface area contributed by atoms with Gasteiger partial charge in [0.2, 0.25) is 5.91 Å². The van der Waals surface area contributed by atoms with Crippen molar-refractivity contribution in [3.63, 3.8) is 0 Å². The van der Waals surface area contributed by atoms with E-state index in [2.05, 4.69) is 10.2 Å². The van der Waals surface area contributed by atoms with E-state index < -0.39 is 9.75 Å². The molecule has 0 spiro atoms. The van der Waals surface area contributed by atoms with Crippen molar-refractivity contribution in [2.24, 2.45) is 5.41 Å². The molecule has 3 rings (SSSR count). The fourth-order valence-corrected chi connectivity index (χ4v) is 3.77. The molecule has 1 aromatic rings. The molecule has 0 bridgehead atoms. The van der Waals surface area contributed by atoms with E-state index in [1.54, 1.807) is 19.1 Å². The van der Waals surface area contributed by atoms with E-state index in [9.17, 15) is 9.18 Å². The molecule has 24 heavy (non-hydrogen) atoms. The van der Waals surface area contributed by atoms with Crippen LogP contribution in [-0.2, 0) is 9.53 Å². The molecular weight excluding hydrogens is 354 g/mol. The van der Waals surface area contributed by atoms with E-state index in [1.165, 1.54) is 12.1 Å². The number of nitrogens with one attached hydrogen (secondary N) is 1. The second kappa shape index (κ2) is 6.79. The number of halogens is 3. The molecule has 1 amide bonds. The molecule has 4 nitrogen and oxygen atoms in total. The Bertz CT molecular complexity index is 605. The third kappa shape index (κ3) is 3.54. The minimum Gasteiger partial charge on any atom is -0.379 e. The molecule has 0 aromatic heterocycles. The summed E-state index contributed by atoms with van der Waals surface area (Å²) in [4.78, 5) is 14.7. The Morgan fingerprint density at radius 1 is 1.33 bits per heavy atom. The van der Waals surface area contributed by atoms with Crippen molar-refractivity contribution < 1.29 is 13.9 Å². The van der Waals surface area contributed by atoms with Gasteiger partial charge in [-0.2, -0.15) is 0 Å². The second-order valence-corrected chi connectivity index (χ2v) is 8.12. The summed E-state index contributed by atoms with van der Waals surface area (Å²) in [7, 11) is 0. The van der Waals surface area contributed by atoms with E-state index >= 15 is 0 Å². The summed E-state index contributed by atoms with van der Waals surface area (Å²) in [5.74, 6) is -0.420. The molecular formula is C17H21Cl2FN2O2. The van der Waals surface area contributed by atoms with Crippen LogP contribution < -0.4 is 5.32 Å². The maximum Gasteiger partial charge on any atom is 0.229 e. The molecule has 1 N–H and O–H groups in total. The Kier molecular flexibility index (Phi) is 5.07. The standard InChI is InChI=1S/C17H21Cl2FN2O2/c1-16(11-17(16,18)19)15(23)21-10-14(22-6-8-24-9-7-22)12-2-4-13(20)5-3-12/h2-5,14H,6-11H2,1H3,(H,21,23)/t14-,16-/m0/s1. The van der Waals surface area contributed by atoms with Crippen LogP contribution >= 0.6 is 23.2 Å². The number of carbonyl (C=O) groups is 1. The Labute approximate surface area is 151 Å². The van der Waals surface area contributed by atoms with Crippen molar-refractivity contribution in [2.75, 3.05) is 32.8 Å². The molecule has 7 heteroatoms. The molecule has 2 atom stereocenters. The first kappa shape index (κ1) is 17.9. The van der Waals surface area contributed by atoms with Gasteiger partial charge in [-0.15, -0.1) is 23.2 Å². The molecule has 0 unspecified atom stereocenters. The Morgan fingerprint density at radius 2 is 1.92 bits per heavy atom. The van der Waals surface area contributed by atoms with E-state index in [-0.39, 0.29) is 17.8 Å². The fourth-order valence-electron chi connectivity index (χ4n) is 3.06. The first-order chi connectivity index (χ1) is 11.3. The predicted octanol–water partition coefficient (Wildman–Crippen LogP) is 2.90. The fraction of sp³-hybridized carbons (Fsp3) is 0.588. The lowest BCUT2D eigenvalue weighted by atomic mass is 10.0. The Hall–Kier alpha value is -0.880. The van der Waals surface area contributed by atoms with Gasteiger partial charge < -0.3 is 10.1 Å². The van der Waals surface area contributed by atoms with E-state index in [1.807, 2.05) is 0 Å². The van der Waals surface area contributed by atoms with Crippen molar-refractivity contribution in [3.8, 4) is 0 Å². The van der Waals surface area contributed by atoms with Crippen LogP contribution in [0, 0.1) is 11.2 Å². The molecule has 132 valence electrons. The number of rotatable bonds is 5. The topological polar surface area (TPSA) is 41.6 Å². The zero-order valence-electron chi connectivity index (χ0n) is 13.5. The SMILES string of the molecule is C[C@@]1(C(=O)NC[C@@H](c2ccc(F)cc2)N2CCOCC2)CC1(Cl)Cl. The summed E-state index contributed by atoms with van der Waals surface area (Å²) in [6.45, 7) is 5.02. The average molecular weight is 375 g/mol. The normalized spacial score (nSPS) is 27.5. The van der Waals surface area contributed by atoms with Gasteiger partial charge in [0.25, 0.3) is 0 Å². The maximum absolute atomic E-state index is 13.2. The summed E-state index contributed by atoms with van der Waals surface area (Å²) in [5, 5.41) is 2.97. The van der Waals surface area contributed by atoms with Crippen LogP contribution in [0.15, 0.2) is 24.3 Å². The number of benzene rings is 1. The highest BCUT2D eigenvalue weighted by Crippen LogP contribution is 2.63. The van der Waals surface area contributed by atoms with Crippen molar-refractivity contribution >= 4 is 29.1 Å². The highest BCUT2D eigenvalue weighted by molar-refractivity contribution is 6.53. The quantitative estimate of drug-likeness (QED) is 0.805. The Morgan fingerprint density at radius 3 is 2.46 bits per heavy atom. The van der Waals surface area contributed by atoms with Crippen LogP contribution in [0.4, 0.5) is 4.39 Å². The molecule has 1 heterocycles. The number of nitrogens with zero attached hydrogens (tertiary/aromatic N) is 1. The highest BCUT2D eigenvalue weighted by atomic mass is 35.5. The first-order valence-corrected chi connectivity index (χ1v) is 8.82. The van der Waals surface area contributed by atoms with Crippen molar-refractivity contribution in [1.82, 2.24) is 10.2 Å². The minimum absolute atomic E-state index is 0.0409. The molecule has 1 saturated carbocycles. The number of morpholine rings is 1. The molecule has 2 fully saturated rings. The summed E-state index contributed by atoms with van der Waals surface area (Å²) < 4.78 is 17.6. The summed E-state index contributed by atoms with van der Waals surface area (Å²) in [5.41, 5.74) is 0.219. The molecule has 1 saturated heterocycles. The second-order valence-electron chi connectivity index (χ2n) is 6.64. The molecule has 2 aliphatic rings. The Balaban J connectivity index is 1.70. The highest BCUT2D eigenvalue weighted by Gasteiger charge is 2.67. The monoisotopic (exact) mass is 374 g/mol. The predicted molar refractivity (Wildman–Crippen MR) is 91.7 cm³/mol. The van der Waals surface area contributed by atoms with E-state index in [0.29, 0.717) is 26.2 Å². The number of alkyl halides is 2. The number of carbonyl (C=O) groups excluding carboxylic acids is 1. The van der Waals surface area contributed by atoms with Crippen LogP contribution in [0.25, 0.3) is 0 Å². The van der Waals surface area contributed by atoms with Crippen molar-refractivity contribution in [3.05, 3.63) is 35.6 Å². The van der Waals surface area contributed by atoms with Crippen molar-refractivity contribution in [2.45, 2.75) is 23.7 Å². The van der Waals surface area contributed by atoms with Crippen LogP contribution in [0.1, 0.15) is 24.9 Å². The van der Waals surface area contributed by atoms with Crippen LogP contribution in [0.3, 0.4) is 0 Å². The zero-order chi connectivity index (χ0) is 17.4. The molecule has 1 aliphatic heterocycles. The van der Waals surface area contributed by atoms with Gasteiger partial charge in [-0.05, 0) is 31.0 Å². The summed E-state index contributed by atoms with van der Waals surface area (Å²) >= 11 is 12.2. The lowest BCUT2D eigenvalue weighted by molar-refractivity contribution is -0.126. The molecule has 0 radical (unpaired) electrons. The van der Waals surface area contributed by atoms with Gasteiger partial charge in [-0.25, -0.2) is 4.39 Å². The average Bonchev–Trinajstić information content (AvgIpc) is 3.09. The lowest BCUT2D eigenvalue weighted by Crippen LogP contribution is -2.45. The van der Waals surface area contributed by atoms with Gasteiger partial charge in [-0.1, -0.05) is 12.1 Å². The zero-order valence-corrected chi connectivity index (χ0v) is 15.0. The summed E-state index contributed by atoms with van der Waals surface area (Å²) in [6.07, 6.45) is 0.452. The van der Waals surface area contributed by atoms with Gasteiger partial charge in [0.1, 0.15) is 10.2 Å². The van der Waals surface area contributed by atoms with Crippen LogP contribution in [-0.4, -0.2) is 48.0 Å². The van der Waals surface area contributed by atoms with Gasteiger partial charge in [0, 0.05) is 19.6 Å².